The Hall–Kier alpha value is -1.62. The van der Waals surface area contributed by atoms with E-state index in [0.717, 1.165) is 38.5 Å². The molecule has 0 aliphatic carbocycles. The Labute approximate surface area is 114 Å². The molecule has 2 heterocycles. The van der Waals surface area contributed by atoms with Crippen LogP contribution < -0.4 is 4.90 Å². The largest absolute Gasteiger partial charge is 0.469 e. The summed E-state index contributed by atoms with van der Waals surface area (Å²) in [4.78, 5) is 20.1. The summed E-state index contributed by atoms with van der Waals surface area (Å²) in [5, 5.41) is 0. The van der Waals surface area contributed by atoms with Gasteiger partial charge in [0.15, 0.2) is 0 Å². The van der Waals surface area contributed by atoms with Crippen molar-refractivity contribution >= 4 is 11.8 Å². The zero-order valence-electron chi connectivity index (χ0n) is 11.6. The zero-order chi connectivity index (χ0) is 13.7. The number of piperazine rings is 1. The van der Waals surface area contributed by atoms with Crippen LogP contribution in [0.5, 0.6) is 0 Å². The molecule has 1 fully saturated rings. The summed E-state index contributed by atoms with van der Waals surface area (Å²) in [5.74, 6) is 0.912. The van der Waals surface area contributed by atoms with Gasteiger partial charge in [-0.1, -0.05) is 0 Å². The molecule has 19 heavy (non-hydrogen) atoms. The Kier molecular flexibility index (Phi) is 4.74. The molecule has 1 aromatic rings. The fraction of sp³-hybridized carbons (Fsp3) is 0.571. The van der Waals surface area contributed by atoms with Crippen LogP contribution in [0, 0.1) is 6.92 Å². The molecular formula is C14H21N3O2. The lowest BCUT2D eigenvalue weighted by Gasteiger charge is -2.35. The molecule has 1 aliphatic rings. The van der Waals surface area contributed by atoms with E-state index in [2.05, 4.69) is 32.5 Å². The summed E-state index contributed by atoms with van der Waals surface area (Å²) in [7, 11) is 1.43. The quantitative estimate of drug-likeness (QED) is 0.761. The third-order valence-corrected chi connectivity index (χ3v) is 3.46. The SMILES string of the molecule is COC(=O)CCN1CCN(c2cc(C)ccn2)CC1. The minimum atomic E-state index is -0.136. The first kappa shape index (κ1) is 13.8. The topological polar surface area (TPSA) is 45.7 Å². The average Bonchev–Trinajstić information content (AvgIpc) is 2.45. The normalized spacial score (nSPS) is 16.4. The van der Waals surface area contributed by atoms with E-state index in [1.165, 1.54) is 12.7 Å². The molecular weight excluding hydrogens is 242 g/mol. The molecule has 5 nitrogen and oxygen atoms in total. The van der Waals surface area contributed by atoms with Gasteiger partial charge in [0.05, 0.1) is 13.5 Å². The number of hydrogen-bond donors (Lipinski definition) is 0. The molecule has 0 radical (unpaired) electrons. The van der Waals surface area contributed by atoms with Crippen LogP contribution in [-0.2, 0) is 9.53 Å². The smallest absolute Gasteiger partial charge is 0.306 e. The van der Waals surface area contributed by atoms with Gasteiger partial charge in [0.2, 0.25) is 0 Å². The van der Waals surface area contributed by atoms with E-state index in [1.54, 1.807) is 0 Å². The van der Waals surface area contributed by atoms with Crippen LogP contribution in [-0.4, -0.2) is 55.7 Å². The van der Waals surface area contributed by atoms with Crippen molar-refractivity contribution in [3.8, 4) is 0 Å². The van der Waals surface area contributed by atoms with Crippen LogP contribution in [0.15, 0.2) is 18.3 Å². The molecule has 1 saturated heterocycles. The highest BCUT2D eigenvalue weighted by Gasteiger charge is 2.18. The van der Waals surface area contributed by atoms with E-state index < -0.39 is 0 Å². The predicted octanol–water partition coefficient (Wildman–Crippen LogP) is 1.08. The number of anilines is 1. The van der Waals surface area contributed by atoms with Gasteiger partial charge in [0.25, 0.3) is 0 Å². The number of aryl methyl sites for hydroxylation is 1. The molecule has 1 aliphatic heterocycles. The third-order valence-electron chi connectivity index (χ3n) is 3.46. The van der Waals surface area contributed by atoms with Crippen LogP contribution in [0.25, 0.3) is 0 Å². The lowest BCUT2D eigenvalue weighted by atomic mass is 10.2. The summed E-state index contributed by atoms with van der Waals surface area (Å²) in [6.07, 6.45) is 2.33. The van der Waals surface area contributed by atoms with Crippen LogP contribution in [0.4, 0.5) is 5.82 Å². The van der Waals surface area contributed by atoms with Crippen molar-refractivity contribution in [1.82, 2.24) is 9.88 Å². The Morgan fingerprint density at radius 1 is 1.37 bits per heavy atom. The minimum absolute atomic E-state index is 0.136. The molecule has 0 amide bonds. The van der Waals surface area contributed by atoms with Gasteiger partial charge < -0.3 is 9.64 Å². The van der Waals surface area contributed by atoms with Crippen molar-refractivity contribution < 1.29 is 9.53 Å². The number of pyridine rings is 1. The van der Waals surface area contributed by atoms with Gasteiger partial charge in [0.1, 0.15) is 5.82 Å². The van der Waals surface area contributed by atoms with Crippen LogP contribution in [0.3, 0.4) is 0 Å². The number of methoxy groups -OCH3 is 1. The number of esters is 1. The van der Waals surface area contributed by atoms with E-state index >= 15 is 0 Å². The van der Waals surface area contributed by atoms with Crippen molar-refractivity contribution in [1.29, 1.82) is 0 Å². The van der Waals surface area contributed by atoms with Gasteiger partial charge in [-0.2, -0.15) is 0 Å². The van der Waals surface area contributed by atoms with E-state index in [4.69, 9.17) is 0 Å². The molecule has 0 unspecified atom stereocenters. The van der Waals surface area contributed by atoms with E-state index in [1.807, 2.05) is 12.3 Å². The monoisotopic (exact) mass is 263 g/mol. The van der Waals surface area contributed by atoms with E-state index in [-0.39, 0.29) is 5.97 Å². The molecule has 0 atom stereocenters. The summed E-state index contributed by atoms with van der Waals surface area (Å²) in [6.45, 7) is 6.70. The predicted molar refractivity (Wildman–Crippen MR) is 74.3 cm³/mol. The maximum absolute atomic E-state index is 11.1. The maximum atomic E-state index is 11.1. The third kappa shape index (κ3) is 3.92. The van der Waals surface area contributed by atoms with E-state index in [0.29, 0.717) is 6.42 Å². The maximum Gasteiger partial charge on any atom is 0.306 e. The second-order valence-electron chi connectivity index (χ2n) is 4.85. The van der Waals surface area contributed by atoms with Gasteiger partial charge in [-0.05, 0) is 24.6 Å². The second kappa shape index (κ2) is 6.52. The second-order valence-corrected chi connectivity index (χ2v) is 4.85. The summed E-state index contributed by atoms with van der Waals surface area (Å²) in [5.41, 5.74) is 1.23. The van der Waals surface area contributed by atoms with Gasteiger partial charge in [0, 0.05) is 38.9 Å². The first-order valence-electron chi connectivity index (χ1n) is 6.66. The molecule has 1 aromatic heterocycles. The Morgan fingerprint density at radius 3 is 2.74 bits per heavy atom. The zero-order valence-corrected chi connectivity index (χ0v) is 11.6. The van der Waals surface area contributed by atoms with Crippen molar-refractivity contribution in [3.05, 3.63) is 23.9 Å². The molecule has 104 valence electrons. The highest BCUT2D eigenvalue weighted by atomic mass is 16.5. The first-order chi connectivity index (χ1) is 9.19. The van der Waals surface area contributed by atoms with Crippen LogP contribution in [0.2, 0.25) is 0 Å². The average molecular weight is 263 g/mol. The van der Waals surface area contributed by atoms with Crippen molar-refractivity contribution in [3.63, 3.8) is 0 Å². The molecule has 0 spiro atoms. The van der Waals surface area contributed by atoms with Gasteiger partial charge in [-0.15, -0.1) is 0 Å². The van der Waals surface area contributed by atoms with Crippen LogP contribution >= 0.6 is 0 Å². The van der Waals surface area contributed by atoms with Gasteiger partial charge in [-0.25, -0.2) is 4.98 Å². The standard InChI is InChI=1S/C14H21N3O2/c1-12-3-5-15-13(11-12)17-9-7-16(8-10-17)6-4-14(18)19-2/h3,5,11H,4,6-10H2,1-2H3. The summed E-state index contributed by atoms with van der Waals surface area (Å²) < 4.78 is 4.66. The number of carbonyl (C=O) groups excluding carboxylic acids is 1. The lowest BCUT2D eigenvalue weighted by molar-refractivity contribution is -0.141. The minimum Gasteiger partial charge on any atom is -0.469 e. The molecule has 0 bridgehead atoms. The molecule has 0 N–H and O–H groups in total. The Morgan fingerprint density at radius 2 is 2.11 bits per heavy atom. The fourth-order valence-corrected chi connectivity index (χ4v) is 2.25. The van der Waals surface area contributed by atoms with Crippen molar-refractivity contribution in [2.24, 2.45) is 0 Å². The molecule has 5 heteroatoms. The molecule has 2 rings (SSSR count). The lowest BCUT2D eigenvalue weighted by Crippen LogP contribution is -2.47. The molecule has 0 aromatic carbocycles. The fourth-order valence-electron chi connectivity index (χ4n) is 2.25. The molecule has 0 saturated carbocycles. The number of carbonyl (C=O) groups is 1. The van der Waals surface area contributed by atoms with E-state index in [9.17, 15) is 4.79 Å². The number of nitrogens with zero attached hydrogens (tertiary/aromatic N) is 3. The highest BCUT2D eigenvalue weighted by molar-refractivity contribution is 5.69. The number of rotatable bonds is 4. The van der Waals surface area contributed by atoms with Gasteiger partial charge in [-0.3, -0.25) is 9.69 Å². The number of ether oxygens (including phenoxy) is 1. The number of hydrogen-bond acceptors (Lipinski definition) is 5. The van der Waals surface area contributed by atoms with Gasteiger partial charge >= 0.3 is 5.97 Å². The first-order valence-corrected chi connectivity index (χ1v) is 6.66. The van der Waals surface area contributed by atoms with Crippen molar-refractivity contribution in [2.75, 3.05) is 44.7 Å². The summed E-state index contributed by atoms with van der Waals surface area (Å²) >= 11 is 0. The Bertz CT molecular complexity index is 428. The number of aromatic nitrogens is 1. The highest BCUT2D eigenvalue weighted by Crippen LogP contribution is 2.14. The van der Waals surface area contributed by atoms with Crippen molar-refractivity contribution in [2.45, 2.75) is 13.3 Å². The van der Waals surface area contributed by atoms with Crippen LogP contribution in [0.1, 0.15) is 12.0 Å². The Balaban J connectivity index is 1.81. The summed E-state index contributed by atoms with van der Waals surface area (Å²) in [6, 6.07) is 4.13.